The second-order valence-corrected chi connectivity index (χ2v) is 5.13. The van der Waals surface area contributed by atoms with Crippen molar-refractivity contribution in [1.82, 2.24) is 5.32 Å². The van der Waals surface area contributed by atoms with Crippen LogP contribution in [0.1, 0.15) is 24.8 Å². The van der Waals surface area contributed by atoms with E-state index in [-0.39, 0.29) is 16.7 Å². The van der Waals surface area contributed by atoms with E-state index in [0.29, 0.717) is 25.3 Å². The quantitative estimate of drug-likeness (QED) is 0.429. The summed E-state index contributed by atoms with van der Waals surface area (Å²) in [5.74, 6) is 0. The molecule has 0 bridgehead atoms. The molecule has 2 rings (SSSR count). The van der Waals surface area contributed by atoms with Gasteiger partial charge in [0.25, 0.3) is 5.69 Å². The lowest BCUT2D eigenvalue weighted by molar-refractivity contribution is -0.385. The minimum atomic E-state index is -0.346. The SMILES string of the molecule is O=[N+]([O-])c1ccccc1CNCCCOCC1CCCO1. The Hall–Kier alpha value is -1.50. The van der Waals surface area contributed by atoms with E-state index in [1.165, 1.54) is 6.07 Å². The van der Waals surface area contributed by atoms with Crippen molar-refractivity contribution >= 4 is 5.69 Å². The molecular formula is C15H22N2O4. The summed E-state index contributed by atoms with van der Waals surface area (Å²) in [6.07, 6.45) is 3.37. The third-order valence-electron chi connectivity index (χ3n) is 3.47. The smallest absolute Gasteiger partial charge is 0.273 e. The summed E-state index contributed by atoms with van der Waals surface area (Å²) in [6, 6.07) is 6.80. The maximum absolute atomic E-state index is 10.9. The minimum absolute atomic E-state index is 0.166. The number of ether oxygens (including phenoxy) is 2. The molecule has 0 amide bonds. The van der Waals surface area contributed by atoms with E-state index in [1.54, 1.807) is 12.1 Å². The van der Waals surface area contributed by atoms with Gasteiger partial charge >= 0.3 is 0 Å². The van der Waals surface area contributed by atoms with Gasteiger partial charge in [-0.25, -0.2) is 0 Å². The molecule has 116 valence electrons. The molecule has 1 fully saturated rings. The average Bonchev–Trinajstić information content (AvgIpc) is 3.00. The van der Waals surface area contributed by atoms with Gasteiger partial charge in [-0.15, -0.1) is 0 Å². The average molecular weight is 294 g/mol. The summed E-state index contributed by atoms with van der Waals surface area (Å²) in [5.41, 5.74) is 0.877. The molecule has 6 nitrogen and oxygen atoms in total. The topological polar surface area (TPSA) is 73.6 Å². The standard InChI is InChI=1S/C15H22N2O4/c18-17(19)15-7-2-1-5-13(15)11-16-8-4-9-20-12-14-6-3-10-21-14/h1-2,5,7,14,16H,3-4,6,8-12H2. The Morgan fingerprint density at radius 3 is 3.05 bits per heavy atom. The van der Waals surface area contributed by atoms with Crippen LogP contribution >= 0.6 is 0 Å². The Kier molecular flexibility index (Phi) is 6.59. The van der Waals surface area contributed by atoms with Crippen molar-refractivity contribution in [3.8, 4) is 0 Å². The van der Waals surface area contributed by atoms with Crippen molar-refractivity contribution in [2.24, 2.45) is 0 Å². The van der Waals surface area contributed by atoms with Crippen molar-refractivity contribution < 1.29 is 14.4 Å². The van der Waals surface area contributed by atoms with E-state index in [1.807, 2.05) is 6.07 Å². The van der Waals surface area contributed by atoms with Crippen LogP contribution in [0.3, 0.4) is 0 Å². The summed E-state index contributed by atoms with van der Waals surface area (Å²) in [4.78, 5) is 10.5. The lowest BCUT2D eigenvalue weighted by Gasteiger charge is -2.10. The lowest BCUT2D eigenvalue weighted by Crippen LogP contribution is -2.19. The van der Waals surface area contributed by atoms with Crippen LogP contribution in [-0.2, 0) is 16.0 Å². The number of para-hydroxylation sites is 1. The predicted molar refractivity (Wildman–Crippen MR) is 79.2 cm³/mol. The molecule has 1 aliphatic heterocycles. The van der Waals surface area contributed by atoms with E-state index in [4.69, 9.17) is 9.47 Å². The highest BCUT2D eigenvalue weighted by atomic mass is 16.6. The van der Waals surface area contributed by atoms with Gasteiger partial charge in [-0.1, -0.05) is 18.2 Å². The van der Waals surface area contributed by atoms with Crippen LogP contribution in [-0.4, -0.2) is 37.4 Å². The van der Waals surface area contributed by atoms with Crippen molar-refractivity contribution in [2.75, 3.05) is 26.4 Å². The van der Waals surface area contributed by atoms with Gasteiger partial charge in [0, 0.05) is 31.4 Å². The Labute approximate surface area is 124 Å². The van der Waals surface area contributed by atoms with E-state index in [9.17, 15) is 10.1 Å². The fourth-order valence-electron chi connectivity index (χ4n) is 2.35. The maximum Gasteiger partial charge on any atom is 0.273 e. The van der Waals surface area contributed by atoms with Crippen molar-refractivity contribution in [3.63, 3.8) is 0 Å². The molecule has 1 aromatic carbocycles. The number of nitro groups is 1. The van der Waals surface area contributed by atoms with Gasteiger partial charge in [0.2, 0.25) is 0 Å². The number of hydrogen-bond acceptors (Lipinski definition) is 5. The van der Waals surface area contributed by atoms with Crippen LogP contribution in [0.5, 0.6) is 0 Å². The number of hydrogen-bond donors (Lipinski definition) is 1. The number of benzene rings is 1. The van der Waals surface area contributed by atoms with Gasteiger partial charge in [-0.3, -0.25) is 10.1 Å². The van der Waals surface area contributed by atoms with E-state index in [2.05, 4.69) is 5.32 Å². The number of nitrogens with one attached hydrogen (secondary N) is 1. The van der Waals surface area contributed by atoms with Gasteiger partial charge in [-0.2, -0.15) is 0 Å². The molecule has 0 radical (unpaired) electrons. The van der Waals surface area contributed by atoms with Crippen LogP contribution in [0.2, 0.25) is 0 Å². The van der Waals surface area contributed by atoms with Crippen LogP contribution in [0.25, 0.3) is 0 Å². The van der Waals surface area contributed by atoms with Crippen LogP contribution in [0.15, 0.2) is 24.3 Å². The predicted octanol–water partition coefficient (Wildman–Crippen LogP) is 2.27. The molecule has 1 atom stereocenters. The second-order valence-electron chi connectivity index (χ2n) is 5.13. The first-order valence-electron chi connectivity index (χ1n) is 7.39. The summed E-state index contributed by atoms with van der Waals surface area (Å²) in [6.45, 7) is 3.49. The second kappa shape index (κ2) is 8.71. The van der Waals surface area contributed by atoms with Gasteiger partial charge < -0.3 is 14.8 Å². The highest BCUT2D eigenvalue weighted by Gasteiger charge is 2.15. The molecule has 1 unspecified atom stereocenters. The van der Waals surface area contributed by atoms with Gasteiger partial charge in [-0.05, 0) is 25.8 Å². The van der Waals surface area contributed by atoms with Gasteiger partial charge in [0.05, 0.1) is 17.6 Å². The normalized spacial score (nSPS) is 18.0. The largest absolute Gasteiger partial charge is 0.379 e. The Morgan fingerprint density at radius 1 is 1.43 bits per heavy atom. The first kappa shape index (κ1) is 15.9. The number of nitrogens with zero attached hydrogens (tertiary/aromatic N) is 1. The zero-order valence-corrected chi connectivity index (χ0v) is 12.1. The van der Waals surface area contributed by atoms with E-state index in [0.717, 1.165) is 32.4 Å². The van der Waals surface area contributed by atoms with Crippen molar-refractivity contribution in [3.05, 3.63) is 39.9 Å². The fourth-order valence-corrected chi connectivity index (χ4v) is 2.35. The molecule has 21 heavy (non-hydrogen) atoms. The van der Waals surface area contributed by atoms with Gasteiger partial charge in [0.15, 0.2) is 0 Å². The molecule has 0 saturated carbocycles. The van der Waals surface area contributed by atoms with Crippen LogP contribution < -0.4 is 5.32 Å². The summed E-state index contributed by atoms with van der Waals surface area (Å²) < 4.78 is 11.0. The number of nitro benzene ring substituents is 1. The monoisotopic (exact) mass is 294 g/mol. The molecule has 1 aromatic rings. The van der Waals surface area contributed by atoms with Crippen LogP contribution in [0.4, 0.5) is 5.69 Å². The first-order chi connectivity index (χ1) is 10.3. The lowest BCUT2D eigenvalue weighted by atomic mass is 10.2. The minimum Gasteiger partial charge on any atom is -0.379 e. The highest BCUT2D eigenvalue weighted by molar-refractivity contribution is 5.39. The third kappa shape index (κ3) is 5.41. The molecule has 0 spiro atoms. The zero-order chi connectivity index (χ0) is 14.9. The Morgan fingerprint density at radius 2 is 2.29 bits per heavy atom. The van der Waals surface area contributed by atoms with Gasteiger partial charge in [0.1, 0.15) is 0 Å². The molecule has 1 saturated heterocycles. The first-order valence-corrected chi connectivity index (χ1v) is 7.39. The molecular weight excluding hydrogens is 272 g/mol. The van der Waals surface area contributed by atoms with E-state index < -0.39 is 0 Å². The highest BCUT2D eigenvalue weighted by Crippen LogP contribution is 2.17. The summed E-state index contributed by atoms with van der Waals surface area (Å²) in [5, 5.41) is 14.1. The third-order valence-corrected chi connectivity index (χ3v) is 3.47. The number of rotatable bonds is 9. The molecule has 6 heteroatoms. The van der Waals surface area contributed by atoms with E-state index >= 15 is 0 Å². The molecule has 1 heterocycles. The summed E-state index contributed by atoms with van der Waals surface area (Å²) in [7, 11) is 0. The Bertz CT molecular complexity index is 447. The summed E-state index contributed by atoms with van der Waals surface area (Å²) >= 11 is 0. The molecule has 1 aliphatic rings. The molecule has 0 aromatic heterocycles. The maximum atomic E-state index is 10.9. The zero-order valence-electron chi connectivity index (χ0n) is 12.1. The Balaban J connectivity index is 1.56. The van der Waals surface area contributed by atoms with Crippen molar-refractivity contribution in [2.45, 2.75) is 31.9 Å². The van der Waals surface area contributed by atoms with Crippen LogP contribution in [0, 0.1) is 10.1 Å². The van der Waals surface area contributed by atoms with Crippen molar-refractivity contribution in [1.29, 1.82) is 0 Å². The molecule has 1 N–H and O–H groups in total. The fraction of sp³-hybridized carbons (Fsp3) is 0.600. The molecule has 0 aliphatic carbocycles.